The van der Waals surface area contributed by atoms with Crippen LogP contribution in [-0.4, -0.2) is 26.5 Å². The number of aliphatic hydroxyl groups is 1. The van der Waals surface area contributed by atoms with Crippen LogP contribution in [0.4, 0.5) is 0 Å². The second-order valence-corrected chi connectivity index (χ2v) is 3.69. The van der Waals surface area contributed by atoms with Crippen molar-refractivity contribution in [2.24, 2.45) is 0 Å². The van der Waals surface area contributed by atoms with Gasteiger partial charge in [0, 0.05) is 6.61 Å². The number of nitrogens with zero attached hydrogens (tertiary/aromatic N) is 1. The fraction of sp³-hybridized carbons (Fsp3) is 0.273. The van der Waals surface area contributed by atoms with E-state index in [2.05, 4.69) is 10.2 Å². The Morgan fingerprint density at radius 2 is 1.88 bits per heavy atom. The Kier molecular flexibility index (Phi) is 3.24. The number of H-pyrrole nitrogens is 2. The summed E-state index contributed by atoms with van der Waals surface area (Å²) in [6.45, 7) is 0.120. The zero-order chi connectivity index (χ0) is 12.3. The van der Waals surface area contributed by atoms with E-state index in [1.807, 2.05) is 6.07 Å². The molecule has 6 heteroatoms. The van der Waals surface area contributed by atoms with E-state index in [9.17, 15) is 9.59 Å². The quantitative estimate of drug-likeness (QED) is 0.684. The summed E-state index contributed by atoms with van der Waals surface area (Å²) < 4.78 is 1.03. The fourth-order valence-corrected chi connectivity index (χ4v) is 1.68. The Balaban J connectivity index is 2.40. The first-order valence-electron chi connectivity index (χ1n) is 5.32. The summed E-state index contributed by atoms with van der Waals surface area (Å²) in [4.78, 5) is 22.8. The van der Waals surface area contributed by atoms with Crippen LogP contribution in [0.15, 0.2) is 33.9 Å². The summed E-state index contributed by atoms with van der Waals surface area (Å²) in [6, 6.07) is 7.12. The number of aliphatic hydroxyl groups excluding tert-OH is 1. The molecule has 0 bridgehead atoms. The van der Waals surface area contributed by atoms with Crippen LogP contribution >= 0.6 is 0 Å². The topological polar surface area (TPSA) is 90.9 Å². The standard InChI is InChI=1S/C11H13N3O3/c15-6-2-4-8-3-1-5-9(7-8)14-10(16)12-13-11(14)17/h1,3,5,7,15H,2,4,6H2,(H,12,16)(H,13,17). The number of hydrogen-bond acceptors (Lipinski definition) is 3. The summed E-state index contributed by atoms with van der Waals surface area (Å²) in [6.07, 6.45) is 1.36. The van der Waals surface area contributed by atoms with E-state index < -0.39 is 11.4 Å². The Bertz CT molecular complexity index is 581. The molecule has 2 rings (SSSR count). The van der Waals surface area contributed by atoms with Crippen molar-refractivity contribution in [2.45, 2.75) is 12.8 Å². The first-order chi connectivity index (χ1) is 8.22. The second kappa shape index (κ2) is 4.84. The predicted octanol–water partition coefficient (Wildman–Crippen LogP) is -0.221. The van der Waals surface area contributed by atoms with E-state index in [-0.39, 0.29) is 6.61 Å². The van der Waals surface area contributed by atoms with Crippen LogP contribution in [0, 0.1) is 0 Å². The van der Waals surface area contributed by atoms with Gasteiger partial charge in [-0.15, -0.1) is 0 Å². The van der Waals surface area contributed by atoms with E-state index in [1.54, 1.807) is 18.2 Å². The minimum absolute atomic E-state index is 0.120. The van der Waals surface area contributed by atoms with Crippen molar-refractivity contribution >= 4 is 0 Å². The van der Waals surface area contributed by atoms with Crippen LogP contribution in [-0.2, 0) is 6.42 Å². The van der Waals surface area contributed by atoms with Gasteiger partial charge in [0.25, 0.3) is 0 Å². The zero-order valence-electron chi connectivity index (χ0n) is 9.14. The van der Waals surface area contributed by atoms with Gasteiger partial charge >= 0.3 is 11.4 Å². The van der Waals surface area contributed by atoms with Crippen LogP contribution in [0.1, 0.15) is 12.0 Å². The highest BCUT2D eigenvalue weighted by Gasteiger charge is 2.05. The maximum Gasteiger partial charge on any atom is 0.348 e. The smallest absolute Gasteiger partial charge is 0.348 e. The maximum atomic E-state index is 11.4. The molecule has 3 N–H and O–H groups in total. The molecule has 0 unspecified atom stereocenters. The molecule has 1 heterocycles. The third kappa shape index (κ3) is 2.36. The lowest BCUT2D eigenvalue weighted by molar-refractivity contribution is 0.288. The molecule has 0 fully saturated rings. The minimum atomic E-state index is -0.491. The van der Waals surface area contributed by atoms with Gasteiger partial charge in [-0.25, -0.2) is 24.4 Å². The molecule has 2 aromatic rings. The lowest BCUT2D eigenvalue weighted by atomic mass is 10.1. The van der Waals surface area contributed by atoms with Crippen molar-refractivity contribution in [3.05, 3.63) is 50.8 Å². The first kappa shape index (κ1) is 11.4. The fourth-order valence-electron chi connectivity index (χ4n) is 1.68. The molecule has 0 spiro atoms. The van der Waals surface area contributed by atoms with Crippen molar-refractivity contribution in [1.29, 1.82) is 0 Å². The Morgan fingerprint density at radius 1 is 1.18 bits per heavy atom. The number of aromatic amines is 2. The van der Waals surface area contributed by atoms with Gasteiger partial charge in [-0.2, -0.15) is 0 Å². The van der Waals surface area contributed by atoms with Gasteiger partial charge in [-0.3, -0.25) is 0 Å². The molecule has 90 valence electrons. The number of nitrogens with one attached hydrogen (secondary N) is 2. The van der Waals surface area contributed by atoms with Gasteiger partial charge < -0.3 is 5.11 Å². The first-order valence-corrected chi connectivity index (χ1v) is 5.32. The van der Waals surface area contributed by atoms with Gasteiger partial charge in [0.15, 0.2) is 0 Å². The molecule has 0 amide bonds. The number of rotatable bonds is 4. The van der Waals surface area contributed by atoms with Gasteiger partial charge in [0.2, 0.25) is 0 Å². The zero-order valence-corrected chi connectivity index (χ0v) is 9.14. The number of aryl methyl sites for hydroxylation is 1. The Hall–Kier alpha value is -2.08. The summed E-state index contributed by atoms with van der Waals surface area (Å²) >= 11 is 0. The van der Waals surface area contributed by atoms with Gasteiger partial charge in [-0.1, -0.05) is 12.1 Å². The molecule has 1 aromatic carbocycles. The van der Waals surface area contributed by atoms with Crippen molar-refractivity contribution in [3.8, 4) is 5.69 Å². The van der Waals surface area contributed by atoms with E-state index in [4.69, 9.17) is 5.11 Å². The summed E-state index contributed by atoms with van der Waals surface area (Å²) in [7, 11) is 0. The highest BCUT2D eigenvalue weighted by molar-refractivity contribution is 5.35. The molecule has 6 nitrogen and oxygen atoms in total. The van der Waals surface area contributed by atoms with Gasteiger partial charge in [0.1, 0.15) is 0 Å². The Labute approximate surface area is 96.5 Å². The number of aromatic nitrogens is 3. The molecular formula is C11H13N3O3. The molecule has 1 aromatic heterocycles. The average molecular weight is 235 g/mol. The molecular weight excluding hydrogens is 222 g/mol. The van der Waals surface area contributed by atoms with Crippen LogP contribution < -0.4 is 11.4 Å². The molecule has 0 saturated heterocycles. The second-order valence-electron chi connectivity index (χ2n) is 3.69. The van der Waals surface area contributed by atoms with E-state index in [0.717, 1.165) is 10.1 Å². The summed E-state index contributed by atoms with van der Waals surface area (Å²) in [5.41, 5.74) is 0.514. The molecule has 0 aliphatic rings. The third-order valence-electron chi connectivity index (χ3n) is 2.47. The summed E-state index contributed by atoms with van der Waals surface area (Å²) in [5.74, 6) is 0. The average Bonchev–Trinajstić information content (AvgIpc) is 2.67. The van der Waals surface area contributed by atoms with Crippen LogP contribution in [0.2, 0.25) is 0 Å². The highest BCUT2D eigenvalue weighted by Crippen LogP contribution is 2.08. The molecule has 0 aliphatic carbocycles. The maximum absolute atomic E-state index is 11.4. The highest BCUT2D eigenvalue weighted by atomic mass is 16.3. The molecule has 0 aliphatic heterocycles. The van der Waals surface area contributed by atoms with Crippen LogP contribution in [0.5, 0.6) is 0 Å². The molecule has 17 heavy (non-hydrogen) atoms. The van der Waals surface area contributed by atoms with Crippen LogP contribution in [0.3, 0.4) is 0 Å². The van der Waals surface area contributed by atoms with E-state index in [0.29, 0.717) is 18.5 Å². The predicted molar refractivity (Wildman–Crippen MR) is 62.4 cm³/mol. The largest absolute Gasteiger partial charge is 0.396 e. The SMILES string of the molecule is O=c1[nH][nH]c(=O)n1-c1cccc(CCCO)c1. The number of hydrogen-bond donors (Lipinski definition) is 3. The lowest BCUT2D eigenvalue weighted by Crippen LogP contribution is -2.24. The monoisotopic (exact) mass is 235 g/mol. The molecule has 0 atom stereocenters. The van der Waals surface area contributed by atoms with Gasteiger partial charge in [0.05, 0.1) is 5.69 Å². The van der Waals surface area contributed by atoms with Gasteiger partial charge in [-0.05, 0) is 30.5 Å². The lowest BCUT2D eigenvalue weighted by Gasteiger charge is -2.03. The van der Waals surface area contributed by atoms with Crippen LogP contribution in [0.25, 0.3) is 5.69 Å². The molecule has 0 saturated carbocycles. The summed E-state index contributed by atoms with van der Waals surface area (Å²) in [5, 5.41) is 13.2. The van der Waals surface area contributed by atoms with E-state index >= 15 is 0 Å². The molecule has 0 radical (unpaired) electrons. The van der Waals surface area contributed by atoms with E-state index in [1.165, 1.54) is 0 Å². The minimum Gasteiger partial charge on any atom is -0.396 e. The van der Waals surface area contributed by atoms with Crippen molar-refractivity contribution in [1.82, 2.24) is 14.8 Å². The third-order valence-corrected chi connectivity index (χ3v) is 2.47. The van der Waals surface area contributed by atoms with Crippen molar-refractivity contribution < 1.29 is 5.11 Å². The number of benzene rings is 1. The van der Waals surface area contributed by atoms with Crippen molar-refractivity contribution in [3.63, 3.8) is 0 Å². The van der Waals surface area contributed by atoms with Crippen molar-refractivity contribution in [2.75, 3.05) is 6.61 Å². The normalized spacial score (nSPS) is 10.6. The Morgan fingerprint density at radius 3 is 2.53 bits per heavy atom.